The smallest absolute Gasteiger partial charge is 0.251 e. The maximum absolute atomic E-state index is 12.2. The van der Waals surface area contributed by atoms with Crippen molar-refractivity contribution in [3.8, 4) is 0 Å². The van der Waals surface area contributed by atoms with Crippen molar-refractivity contribution in [1.82, 2.24) is 20.4 Å². The topological polar surface area (TPSA) is 119 Å². The lowest BCUT2D eigenvalue weighted by Crippen LogP contribution is -2.24. The summed E-state index contributed by atoms with van der Waals surface area (Å²) >= 11 is 0. The minimum atomic E-state index is -0.248. The van der Waals surface area contributed by atoms with Crippen molar-refractivity contribution in [3.63, 3.8) is 0 Å². The minimum Gasteiger partial charge on any atom is -0.343 e. The summed E-state index contributed by atoms with van der Waals surface area (Å²) in [7, 11) is 0. The molecule has 4 N–H and O–H groups in total. The number of carbonyl (C=O) groups excluding carboxylic acids is 1. The minimum absolute atomic E-state index is 0.177. The lowest BCUT2D eigenvalue weighted by Gasteiger charge is -2.08. The molecule has 0 fully saturated rings. The average Bonchev–Trinajstić information content (AvgIpc) is 2.90. The highest BCUT2D eigenvalue weighted by molar-refractivity contribution is 5.94. The Morgan fingerprint density at radius 1 is 1.38 bits per heavy atom. The van der Waals surface area contributed by atoms with Gasteiger partial charge in [0.2, 0.25) is 5.89 Å². The number of nitrogens with two attached hydrogens (primary N) is 1. The largest absolute Gasteiger partial charge is 0.343 e. The zero-order chi connectivity index (χ0) is 15.2. The highest BCUT2D eigenvalue weighted by Crippen LogP contribution is 2.11. The maximum atomic E-state index is 12.2. The zero-order valence-corrected chi connectivity index (χ0v) is 12.0. The van der Waals surface area contributed by atoms with E-state index in [2.05, 4.69) is 25.9 Å². The maximum Gasteiger partial charge on any atom is 0.251 e. The van der Waals surface area contributed by atoms with Crippen molar-refractivity contribution in [2.75, 3.05) is 5.43 Å². The first-order valence-corrected chi connectivity index (χ1v) is 6.67. The third-order valence-corrected chi connectivity index (χ3v) is 2.76. The fraction of sp³-hybridized carbons (Fsp3) is 0.385. The van der Waals surface area contributed by atoms with Gasteiger partial charge in [-0.1, -0.05) is 18.5 Å². The van der Waals surface area contributed by atoms with Crippen LogP contribution < -0.4 is 16.6 Å². The van der Waals surface area contributed by atoms with Gasteiger partial charge in [-0.15, -0.1) is 0 Å². The number of anilines is 1. The van der Waals surface area contributed by atoms with Gasteiger partial charge in [0.15, 0.2) is 5.82 Å². The van der Waals surface area contributed by atoms with E-state index in [1.54, 1.807) is 19.1 Å². The van der Waals surface area contributed by atoms with E-state index in [1.165, 1.54) is 0 Å². The van der Waals surface area contributed by atoms with Crippen LogP contribution in [-0.4, -0.2) is 21.0 Å². The van der Waals surface area contributed by atoms with E-state index in [0.29, 0.717) is 23.1 Å². The first-order valence-electron chi connectivity index (χ1n) is 6.67. The molecule has 0 aliphatic heterocycles. The van der Waals surface area contributed by atoms with E-state index in [9.17, 15) is 4.79 Å². The van der Waals surface area contributed by atoms with Crippen LogP contribution in [0, 0.1) is 6.92 Å². The van der Waals surface area contributed by atoms with Gasteiger partial charge in [0.05, 0.1) is 6.54 Å². The first kappa shape index (κ1) is 14.9. The van der Waals surface area contributed by atoms with E-state index in [4.69, 9.17) is 10.4 Å². The molecule has 0 spiro atoms. The van der Waals surface area contributed by atoms with Crippen LogP contribution in [-0.2, 0) is 13.0 Å². The number of aryl methyl sites for hydroxylation is 2. The molecule has 1 amide bonds. The lowest BCUT2D eigenvalue weighted by atomic mass is 10.1. The number of aromatic nitrogens is 3. The van der Waals surface area contributed by atoms with Crippen molar-refractivity contribution in [2.24, 2.45) is 5.84 Å². The van der Waals surface area contributed by atoms with Crippen LogP contribution >= 0.6 is 0 Å². The Hall–Kier alpha value is -2.48. The predicted octanol–water partition coefficient (Wildman–Crippen LogP) is 0.941. The monoisotopic (exact) mass is 290 g/mol. The van der Waals surface area contributed by atoms with Crippen molar-refractivity contribution >= 4 is 11.7 Å². The standard InChI is InChI=1S/C13H18N6O2/c1-3-4-10-5-9(6-11(17-10)18-14)13(20)15-7-12-16-8(2)19-21-12/h5-6H,3-4,7,14H2,1-2H3,(H,15,20)(H,17,18). The Morgan fingerprint density at radius 2 is 2.19 bits per heavy atom. The number of amides is 1. The molecular weight excluding hydrogens is 272 g/mol. The van der Waals surface area contributed by atoms with Crippen LogP contribution in [0.25, 0.3) is 0 Å². The third kappa shape index (κ3) is 3.99. The van der Waals surface area contributed by atoms with E-state index >= 15 is 0 Å². The number of hydrogen-bond donors (Lipinski definition) is 3. The Labute approximate surface area is 122 Å². The Morgan fingerprint density at radius 3 is 2.81 bits per heavy atom. The van der Waals surface area contributed by atoms with E-state index < -0.39 is 0 Å². The van der Waals surface area contributed by atoms with Gasteiger partial charge in [-0.25, -0.2) is 10.8 Å². The van der Waals surface area contributed by atoms with Gasteiger partial charge in [-0.3, -0.25) is 4.79 Å². The second-order valence-corrected chi connectivity index (χ2v) is 4.54. The molecule has 0 bridgehead atoms. The second kappa shape index (κ2) is 6.80. The third-order valence-electron chi connectivity index (χ3n) is 2.76. The SMILES string of the molecule is CCCc1cc(C(=O)NCc2nc(C)no2)cc(NN)n1. The number of carbonyl (C=O) groups is 1. The molecule has 2 heterocycles. The molecule has 0 aromatic carbocycles. The summed E-state index contributed by atoms with van der Waals surface area (Å²) in [5.74, 6) is 6.48. The molecule has 0 saturated carbocycles. The molecule has 2 aromatic rings. The van der Waals surface area contributed by atoms with Gasteiger partial charge in [0, 0.05) is 11.3 Å². The summed E-state index contributed by atoms with van der Waals surface area (Å²) in [6.07, 6.45) is 1.71. The summed E-state index contributed by atoms with van der Waals surface area (Å²) in [6.45, 7) is 3.94. The van der Waals surface area contributed by atoms with Crippen LogP contribution in [0.2, 0.25) is 0 Å². The molecule has 8 heteroatoms. The molecule has 21 heavy (non-hydrogen) atoms. The van der Waals surface area contributed by atoms with E-state index in [0.717, 1.165) is 18.5 Å². The van der Waals surface area contributed by atoms with Crippen molar-refractivity contribution < 1.29 is 9.32 Å². The van der Waals surface area contributed by atoms with Gasteiger partial charge < -0.3 is 15.3 Å². The lowest BCUT2D eigenvalue weighted by molar-refractivity contribution is 0.0946. The quantitative estimate of drug-likeness (QED) is 0.535. The molecule has 2 rings (SSSR count). The molecule has 8 nitrogen and oxygen atoms in total. The van der Waals surface area contributed by atoms with Crippen LogP contribution in [0.4, 0.5) is 5.82 Å². The van der Waals surface area contributed by atoms with Gasteiger partial charge in [0.25, 0.3) is 5.91 Å². The second-order valence-electron chi connectivity index (χ2n) is 4.54. The highest BCUT2D eigenvalue weighted by atomic mass is 16.5. The molecule has 0 atom stereocenters. The summed E-state index contributed by atoms with van der Waals surface area (Å²) in [4.78, 5) is 20.5. The van der Waals surface area contributed by atoms with Crippen molar-refractivity contribution in [2.45, 2.75) is 33.2 Å². The summed E-state index contributed by atoms with van der Waals surface area (Å²) in [5.41, 5.74) is 3.76. The molecule has 0 unspecified atom stereocenters. The first-order chi connectivity index (χ1) is 10.1. The fourth-order valence-electron chi connectivity index (χ4n) is 1.85. The van der Waals surface area contributed by atoms with Gasteiger partial charge in [-0.2, -0.15) is 4.98 Å². The number of nitrogens with zero attached hydrogens (tertiary/aromatic N) is 3. The number of hydrogen-bond acceptors (Lipinski definition) is 7. The molecule has 112 valence electrons. The van der Waals surface area contributed by atoms with Gasteiger partial charge in [-0.05, 0) is 25.5 Å². The van der Waals surface area contributed by atoms with Crippen molar-refractivity contribution in [1.29, 1.82) is 0 Å². The summed E-state index contributed by atoms with van der Waals surface area (Å²) in [5, 5.41) is 6.38. The van der Waals surface area contributed by atoms with Crippen LogP contribution in [0.15, 0.2) is 16.7 Å². The number of hydrazine groups is 1. The number of nitrogen functional groups attached to an aromatic ring is 1. The van der Waals surface area contributed by atoms with E-state index in [-0.39, 0.29) is 12.5 Å². The normalized spacial score (nSPS) is 10.4. The van der Waals surface area contributed by atoms with Crippen LogP contribution in [0.3, 0.4) is 0 Å². The summed E-state index contributed by atoms with van der Waals surface area (Å²) in [6, 6.07) is 3.34. The Balaban J connectivity index is 2.08. The molecular formula is C13H18N6O2. The van der Waals surface area contributed by atoms with Gasteiger partial charge >= 0.3 is 0 Å². The van der Waals surface area contributed by atoms with Crippen LogP contribution in [0.5, 0.6) is 0 Å². The molecule has 0 aliphatic carbocycles. The van der Waals surface area contributed by atoms with Crippen LogP contribution in [0.1, 0.15) is 41.1 Å². The molecule has 0 aliphatic rings. The van der Waals surface area contributed by atoms with Gasteiger partial charge in [0.1, 0.15) is 5.82 Å². The van der Waals surface area contributed by atoms with Crippen molar-refractivity contribution in [3.05, 3.63) is 35.1 Å². The number of rotatable bonds is 6. The molecule has 2 aromatic heterocycles. The predicted molar refractivity (Wildman–Crippen MR) is 76.2 cm³/mol. The number of nitrogens with one attached hydrogen (secondary N) is 2. The Kier molecular flexibility index (Phi) is 4.83. The average molecular weight is 290 g/mol. The fourth-order valence-corrected chi connectivity index (χ4v) is 1.85. The van der Waals surface area contributed by atoms with E-state index in [1.807, 2.05) is 6.92 Å². The molecule has 0 saturated heterocycles. The number of pyridine rings is 1. The Bertz CT molecular complexity index is 625. The summed E-state index contributed by atoms with van der Waals surface area (Å²) < 4.78 is 4.94. The molecule has 0 radical (unpaired) electrons. The zero-order valence-electron chi connectivity index (χ0n) is 12.0. The highest BCUT2D eigenvalue weighted by Gasteiger charge is 2.11.